The number of aromatic nitrogens is 1. The van der Waals surface area contributed by atoms with Crippen molar-refractivity contribution < 1.29 is 13.9 Å². The molecule has 18 heavy (non-hydrogen) atoms. The Balaban J connectivity index is 2.13. The Morgan fingerprint density at radius 1 is 1.28 bits per heavy atom. The van der Waals surface area contributed by atoms with Crippen molar-refractivity contribution in [1.82, 2.24) is 4.98 Å². The van der Waals surface area contributed by atoms with Crippen LogP contribution in [0.15, 0.2) is 40.8 Å². The predicted molar refractivity (Wildman–Crippen MR) is 67.9 cm³/mol. The summed E-state index contributed by atoms with van der Waals surface area (Å²) in [6, 6.07) is 11.2. The fraction of sp³-hybridized carbons (Fsp3) is 0.0714. The standard InChI is InChI=1S/C14H11NO3/c1-17-12-5-3-2-4-10(12)13-7-11-14(18-13)6-9(8-16)15-11/h2-8,15H,1H3. The van der Waals surface area contributed by atoms with Gasteiger partial charge in [-0.3, -0.25) is 4.79 Å². The second-order valence-corrected chi connectivity index (χ2v) is 3.93. The third-order valence-corrected chi connectivity index (χ3v) is 2.83. The Labute approximate surface area is 103 Å². The molecule has 0 atom stereocenters. The van der Waals surface area contributed by atoms with Crippen molar-refractivity contribution in [3.8, 4) is 17.1 Å². The Kier molecular flexibility index (Phi) is 2.41. The average molecular weight is 241 g/mol. The van der Waals surface area contributed by atoms with Crippen LogP contribution in [0.25, 0.3) is 22.4 Å². The van der Waals surface area contributed by atoms with Crippen molar-refractivity contribution in [1.29, 1.82) is 0 Å². The van der Waals surface area contributed by atoms with E-state index in [1.807, 2.05) is 30.3 Å². The van der Waals surface area contributed by atoms with Gasteiger partial charge in [-0.25, -0.2) is 0 Å². The van der Waals surface area contributed by atoms with Crippen molar-refractivity contribution in [3.63, 3.8) is 0 Å². The summed E-state index contributed by atoms with van der Waals surface area (Å²) in [5.41, 5.74) is 2.86. The van der Waals surface area contributed by atoms with Gasteiger partial charge in [0.1, 0.15) is 11.5 Å². The lowest BCUT2D eigenvalue weighted by molar-refractivity contribution is 0.111. The lowest BCUT2D eigenvalue weighted by Crippen LogP contribution is -1.85. The first-order chi connectivity index (χ1) is 8.81. The molecule has 2 aromatic heterocycles. The quantitative estimate of drug-likeness (QED) is 0.716. The maximum absolute atomic E-state index is 10.6. The summed E-state index contributed by atoms with van der Waals surface area (Å²) in [5.74, 6) is 1.47. The number of benzene rings is 1. The number of carbonyl (C=O) groups excluding carboxylic acids is 1. The van der Waals surface area contributed by atoms with E-state index in [0.717, 1.165) is 23.1 Å². The molecule has 1 N–H and O–H groups in total. The van der Waals surface area contributed by atoms with Crippen molar-refractivity contribution in [2.75, 3.05) is 7.11 Å². The summed E-state index contributed by atoms with van der Waals surface area (Å²) < 4.78 is 11.0. The first-order valence-corrected chi connectivity index (χ1v) is 5.53. The second-order valence-electron chi connectivity index (χ2n) is 3.93. The third kappa shape index (κ3) is 1.59. The summed E-state index contributed by atoms with van der Waals surface area (Å²) in [4.78, 5) is 13.6. The van der Waals surface area contributed by atoms with E-state index in [1.165, 1.54) is 0 Å². The number of furan rings is 1. The van der Waals surface area contributed by atoms with Gasteiger partial charge in [-0.1, -0.05) is 12.1 Å². The Morgan fingerprint density at radius 3 is 2.83 bits per heavy atom. The van der Waals surface area contributed by atoms with Crippen LogP contribution in [0, 0.1) is 0 Å². The fourth-order valence-corrected chi connectivity index (χ4v) is 1.99. The van der Waals surface area contributed by atoms with Crippen molar-refractivity contribution in [2.24, 2.45) is 0 Å². The zero-order chi connectivity index (χ0) is 12.5. The van der Waals surface area contributed by atoms with Gasteiger partial charge in [0.25, 0.3) is 0 Å². The van der Waals surface area contributed by atoms with E-state index in [9.17, 15) is 4.79 Å². The molecular weight excluding hydrogens is 230 g/mol. The van der Waals surface area contributed by atoms with Gasteiger partial charge in [-0.05, 0) is 12.1 Å². The molecule has 4 heteroatoms. The zero-order valence-electron chi connectivity index (χ0n) is 9.77. The zero-order valence-corrected chi connectivity index (χ0v) is 9.77. The summed E-state index contributed by atoms with van der Waals surface area (Å²) in [6.07, 6.45) is 0.762. The number of nitrogens with one attached hydrogen (secondary N) is 1. The van der Waals surface area contributed by atoms with Gasteiger partial charge in [0.2, 0.25) is 0 Å². The van der Waals surface area contributed by atoms with Gasteiger partial charge >= 0.3 is 0 Å². The first kappa shape index (κ1) is 10.7. The molecule has 0 fully saturated rings. The highest BCUT2D eigenvalue weighted by Crippen LogP contribution is 2.33. The van der Waals surface area contributed by atoms with Crippen LogP contribution in [0.4, 0.5) is 0 Å². The number of methoxy groups -OCH3 is 1. The van der Waals surface area contributed by atoms with Crippen LogP contribution >= 0.6 is 0 Å². The van der Waals surface area contributed by atoms with Crippen LogP contribution in [-0.2, 0) is 0 Å². The maximum Gasteiger partial charge on any atom is 0.166 e. The monoisotopic (exact) mass is 241 g/mol. The number of hydrogen-bond acceptors (Lipinski definition) is 3. The Hall–Kier alpha value is -2.49. The van der Waals surface area contributed by atoms with Crippen LogP contribution in [0.2, 0.25) is 0 Å². The van der Waals surface area contributed by atoms with E-state index in [0.29, 0.717) is 17.0 Å². The number of para-hydroxylation sites is 1. The minimum absolute atomic E-state index is 0.510. The lowest BCUT2D eigenvalue weighted by atomic mass is 10.1. The molecule has 4 nitrogen and oxygen atoms in total. The average Bonchev–Trinajstić information content (AvgIpc) is 2.96. The molecule has 0 amide bonds. The second kappa shape index (κ2) is 4.07. The highest BCUT2D eigenvalue weighted by molar-refractivity contribution is 5.87. The van der Waals surface area contributed by atoms with E-state index >= 15 is 0 Å². The highest BCUT2D eigenvalue weighted by atomic mass is 16.5. The molecule has 0 aliphatic heterocycles. The molecular formula is C14H11NO3. The molecule has 0 saturated heterocycles. The third-order valence-electron chi connectivity index (χ3n) is 2.83. The van der Waals surface area contributed by atoms with Crippen LogP contribution in [-0.4, -0.2) is 18.4 Å². The summed E-state index contributed by atoms with van der Waals surface area (Å²) in [6.45, 7) is 0. The summed E-state index contributed by atoms with van der Waals surface area (Å²) >= 11 is 0. The normalized spacial score (nSPS) is 10.7. The van der Waals surface area contributed by atoms with Crippen LogP contribution in [0.1, 0.15) is 10.5 Å². The largest absolute Gasteiger partial charge is 0.496 e. The van der Waals surface area contributed by atoms with Crippen molar-refractivity contribution in [3.05, 3.63) is 42.1 Å². The Morgan fingerprint density at radius 2 is 2.11 bits per heavy atom. The number of aldehydes is 1. The molecule has 0 radical (unpaired) electrons. The van der Waals surface area contributed by atoms with Crippen molar-refractivity contribution in [2.45, 2.75) is 0 Å². The van der Waals surface area contributed by atoms with Crippen molar-refractivity contribution >= 4 is 17.4 Å². The molecule has 90 valence electrons. The number of rotatable bonds is 3. The fourth-order valence-electron chi connectivity index (χ4n) is 1.99. The molecule has 0 spiro atoms. The van der Waals surface area contributed by atoms with Gasteiger partial charge in [-0.2, -0.15) is 0 Å². The molecule has 2 heterocycles. The van der Waals surface area contributed by atoms with E-state index < -0.39 is 0 Å². The number of H-pyrrole nitrogens is 1. The van der Waals surface area contributed by atoms with Crippen LogP contribution in [0.3, 0.4) is 0 Å². The molecule has 0 unspecified atom stereocenters. The van der Waals surface area contributed by atoms with Gasteiger partial charge in [-0.15, -0.1) is 0 Å². The van der Waals surface area contributed by atoms with Gasteiger partial charge in [0.05, 0.1) is 23.9 Å². The van der Waals surface area contributed by atoms with Gasteiger partial charge in [0.15, 0.2) is 11.9 Å². The maximum atomic E-state index is 10.6. The molecule has 0 aliphatic rings. The number of hydrogen-bond donors (Lipinski definition) is 1. The summed E-state index contributed by atoms with van der Waals surface area (Å²) in [7, 11) is 1.62. The Bertz CT molecular complexity index is 677. The molecule has 0 aliphatic carbocycles. The SMILES string of the molecule is COc1ccccc1-c1cc2[nH]c(C=O)cc2o1. The topological polar surface area (TPSA) is 55.2 Å². The minimum atomic E-state index is 0.510. The summed E-state index contributed by atoms with van der Waals surface area (Å²) in [5, 5.41) is 0. The number of aromatic amines is 1. The predicted octanol–water partition coefficient (Wildman–Crippen LogP) is 3.25. The number of ether oxygens (including phenoxy) is 1. The molecule has 1 aromatic carbocycles. The molecule has 3 rings (SSSR count). The number of carbonyl (C=O) groups is 1. The van der Waals surface area contributed by atoms with E-state index in [4.69, 9.17) is 9.15 Å². The molecule has 0 bridgehead atoms. The molecule has 0 saturated carbocycles. The minimum Gasteiger partial charge on any atom is -0.496 e. The van der Waals surface area contributed by atoms with Gasteiger partial charge in [0, 0.05) is 12.1 Å². The van der Waals surface area contributed by atoms with Crippen LogP contribution < -0.4 is 4.74 Å². The number of fused-ring (bicyclic) bond motifs is 1. The van der Waals surface area contributed by atoms with Crippen LogP contribution in [0.5, 0.6) is 5.75 Å². The van der Waals surface area contributed by atoms with E-state index in [-0.39, 0.29) is 0 Å². The smallest absolute Gasteiger partial charge is 0.166 e. The van der Waals surface area contributed by atoms with E-state index in [2.05, 4.69) is 4.98 Å². The van der Waals surface area contributed by atoms with Gasteiger partial charge < -0.3 is 14.1 Å². The first-order valence-electron chi connectivity index (χ1n) is 5.53. The van der Waals surface area contributed by atoms with E-state index in [1.54, 1.807) is 13.2 Å². The highest BCUT2D eigenvalue weighted by Gasteiger charge is 2.12. The molecule has 3 aromatic rings. The lowest BCUT2D eigenvalue weighted by Gasteiger charge is -2.04.